The Kier molecular flexibility index (Phi) is 4.51. The monoisotopic (exact) mass is 346 g/mol. The molecule has 0 saturated heterocycles. The van der Waals surface area contributed by atoms with Crippen LogP contribution < -0.4 is 15.2 Å². The highest BCUT2D eigenvalue weighted by atomic mass is 35.5. The molecular formula is C13H12Cl2N2O3S. The topological polar surface area (TPSA) is 81.4 Å². The maximum Gasteiger partial charge on any atom is 0.263 e. The van der Waals surface area contributed by atoms with Gasteiger partial charge in [-0.15, -0.1) is 0 Å². The highest BCUT2D eigenvalue weighted by Gasteiger charge is 2.19. The largest absolute Gasteiger partial charge is 0.497 e. The van der Waals surface area contributed by atoms with Crippen LogP contribution in [0.5, 0.6) is 5.75 Å². The van der Waals surface area contributed by atoms with E-state index in [1.54, 1.807) is 6.07 Å². The van der Waals surface area contributed by atoms with E-state index in [4.69, 9.17) is 33.7 Å². The Bertz CT molecular complexity index is 779. The minimum atomic E-state index is -3.88. The summed E-state index contributed by atoms with van der Waals surface area (Å²) in [4.78, 5) is -0.0701. The molecule has 0 aromatic heterocycles. The quantitative estimate of drug-likeness (QED) is 0.831. The average molecular weight is 347 g/mol. The fourth-order valence-corrected chi connectivity index (χ4v) is 3.25. The number of rotatable bonds is 4. The zero-order valence-electron chi connectivity index (χ0n) is 10.9. The number of ether oxygens (including phenoxy) is 1. The SMILES string of the molecule is COc1ccc(S(=O)(=O)Nc2cc(Cl)ccc2Cl)c(N)c1. The summed E-state index contributed by atoms with van der Waals surface area (Å²) in [5, 5.41) is 0.592. The van der Waals surface area contributed by atoms with Crippen molar-refractivity contribution in [2.24, 2.45) is 0 Å². The molecule has 0 bridgehead atoms. The number of nitrogens with one attached hydrogen (secondary N) is 1. The molecule has 8 heteroatoms. The number of hydrogen-bond acceptors (Lipinski definition) is 4. The molecule has 2 aromatic carbocycles. The lowest BCUT2D eigenvalue weighted by Gasteiger charge is -2.12. The van der Waals surface area contributed by atoms with Crippen LogP contribution in [-0.2, 0) is 10.0 Å². The summed E-state index contributed by atoms with van der Waals surface area (Å²) in [5.74, 6) is 0.465. The van der Waals surface area contributed by atoms with Crippen molar-refractivity contribution in [3.63, 3.8) is 0 Å². The van der Waals surface area contributed by atoms with Gasteiger partial charge in [0.2, 0.25) is 0 Å². The van der Waals surface area contributed by atoms with E-state index in [-0.39, 0.29) is 21.3 Å². The molecule has 0 heterocycles. The third-order valence-electron chi connectivity index (χ3n) is 2.68. The van der Waals surface area contributed by atoms with Crippen LogP contribution >= 0.6 is 23.2 Å². The molecule has 3 N–H and O–H groups in total. The van der Waals surface area contributed by atoms with Crippen molar-refractivity contribution in [2.75, 3.05) is 17.6 Å². The lowest BCUT2D eigenvalue weighted by molar-refractivity contribution is 0.414. The number of nitrogen functional groups attached to an aromatic ring is 1. The molecule has 0 aliphatic heterocycles. The summed E-state index contributed by atoms with van der Waals surface area (Å²) in [7, 11) is -2.42. The molecule has 0 radical (unpaired) electrons. The number of sulfonamides is 1. The predicted molar refractivity (Wildman–Crippen MR) is 84.7 cm³/mol. The maximum absolute atomic E-state index is 12.4. The van der Waals surface area contributed by atoms with Crippen LogP contribution in [0, 0.1) is 0 Å². The smallest absolute Gasteiger partial charge is 0.263 e. The van der Waals surface area contributed by atoms with Crippen molar-refractivity contribution >= 4 is 44.6 Å². The van der Waals surface area contributed by atoms with Gasteiger partial charge in [-0.1, -0.05) is 23.2 Å². The Morgan fingerprint density at radius 2 is 1.86 bits per heavy atom. The second-order valence-electron chi connectivity index (χ2n) is 4.13. The predicted octanol–water partition coefficient (Wildman–Crippen LogP) is 3.39. The van der Waals surface area contributed by atoms with Gasteiger partial charge >= 0.3 is 0 Å². The third kappa shape index (κ3) is 3.53. The first-order chi connectivity index (χ1) is 9.83. The van der Waals surface area contributed by atoms with E-state index in [1.807, 2.05) is 0 Å². The minimum Gasteiger partial charge on any atom is -0.497 e. The number of nitrogens with two attached hydrogens (primary N) is 1. The standard InChI is InChI=1S/C13H12Cl2N2O3S/c1-20-9-3-5-13(11(16)7-9)21(18,19)17-12-6-8(14)2-4-10(12)15/h2-7,17H,16H2,1H3. The second kappa shape index (κ2) is 6.01. The number of methoxy groups -OCH3 is 1. The van der Waals surface area contributed by atoms with Gasteiger partial charge < -0.3 is 10.5 Å². The first kappa shape index (κ1) is 15.8. The van der Waals surface area contributed by atoms with Crippen molar-refractivity contribution in [3.05, 3.63) is 46.4 Å². The van der Waals surface area contributed by atoms with E-state index >= 15 is 0 Å². The third-order valence-corrected chi connectivity index (χ3v) is 4.68. The molecule has 0 aliphatic rings. The molecule has 21 heavy (non-hydrogen) atoms. The van der Waals surface area contributed by atoms with Crippen molar-refractivity contribution in [1.82, 2.24) is 0 Å². The summed E-state index contributed by atoms with van der Waals surface area (Å²) < 4.78 is 32.0. The summed E-state index contributed by atoms with van der Waals surface area (Å²) in [6.45, 7) is 0. The average Bonchev–Trinajstić information content (AvgIpc) is 2.42. The van der Waals surface area contributed by atoms with Gasteiger partial charge in [0.1, 0.15) is 10.6 Å². The van der Waals surface area contributed by atoms with Crippen LogP contribution in [0.1, 0.15) is 0 Å². The van der Waals surface area contributed by atoms with Crippen LogP contribution in [0.25, 0.3) is 0 Å². The van der Waals surface area contributed by atoms with E-state index in [1.165, 1.54) is 37.4 Å². The summed E-state index contributed by atoms with van der Waals surface area (Å²) in [6.07, 6.45) is 0. The zero-order chi connectivity index (χ0) is 15.6. The van der Waals surface area contributed by atoms with Gasteiger partial charge in [0.15, 0.2) is 0 Å². The summed E-state index contributed by atoms with van der Waals surface area (Å²) in [6, 6.07) is 8.76. The molecule has 5 nitrogen and oxygen atoms in total. The van der Waals surface area contributed by atoms with E-state index in [9.17, 15) is 8.42 Å². The fourth-order valence-electron chi connectivity index (χ4n) is 1.67. The van der Waals surface area contributed by atoms with Gasteiger partial charge in [-0.2, -0.15) is 0 Å². The molecule has 0 aliphatic carbocycles. The zero-order valence-corrected chi connectivity index (χ0v) is 13.3. The Balaban J connectivity index is 2.41. The van der Waals surface area contributed by atoms with Crippen molar-refractivity contribution in [3.8, 4) is 5.75 Å². The van der Waals surface area contributed by atoms with Gasteiger partial charge in [-0.25, -0.2) is 8.42 Å². The van der Waals surface area contributed by atoms with Crippen LogP contribution in [0.4, 0.5) is 11.4 Å². The van der Waals surface area contributed by atoms with Gasteiger partial charge in [-0.3, -0.25) is 4.72 Å². The highest BCUT2D eigenvalue weighted by Crippen LogP contribution is 2.30. The molecular weight excluding hydrogens is 335 g/mol. The van der Waals surface area contributed by atoms with Crippen molar-refractivity contribution in [2.45, 2.75) is 4.90 Å². The maximum atomic E-state index is 12.4. The molecule has 2 rings (SSSR count). The van der Waals surface area contributed by atoms with Crippen molar-refractivity contribution in [1.29, 1.82) is 0 Å². The van der Waals surface area contributed by atoms with Gasteiger partial charge in [-0.05, 0) is 30.3 Å². The molecule has 2 aromatic rings. The molecule has 0 spiro atoms. The first-order valence-electron chi connectivity index (χ1n) is 5.75. The number of halogens is 2. The highest BCUT2D eigenvalue weighted by molar-refractivity contribution is 7.92. The lowest BCUT2D eigenvalue weighted by Crippen LogP contribution is -2.15. The van der Waals surface area contributed by atoms with E-state index < -0.39 is 10.0 Å². The molecule has 0 unspecified atom stereocenters. The van der Waals surface area contributed by atoms with Gasteiger partial charge in [0, 0.05) is 11.1 Å². The molecule has 0 fully saturated rings. The number of hydrogen-bond donors (Lipinski definition) is 2. The lowest BCUT2D eigenvalue weighted by atomic mass is 10.3. The molecule has 0 saturated carbocycles. The second-order valence-corrected chi connectivity index (χ2v) is 6.63. The summed E-state index contributed by atoms with van der Waals surface area (Å²) in [5.41, 5.74) is 6.00. The van der Waals surface area contributed by atoms with Crippen LogP contribution in [-0.4, -0.2) is 15.5 Å². The normalized spacial score (nSPS) is 11.2. The number of benzene rings is 2. The van der Waals surface area contributed by atoms with Crippen LogP contribution in [0.3, 0.4) is 0 Å². The van der Waals surface area contributed by atoms with Crippen LogP contribution in [0.15, 0.2) is 41.3 Å². The summed E-state index contributed by atoms with van der Waals surface area (Å²) >= 11 is 11.8. The number of anilines is 2. The Hall–Kier alpha value is -1.63. The van der Waals surface area contributed by atoms with Crippen LogP contribution in [0.2, 0.25) is 10.0 Å². The van der Waals surface area contributed by atoms with E-state index in [2.05, 4.69) is 4.72 Å². The van der Waals surface area contributed by atoms with Gasteiger partial charge in [0.25, 0.3) is 10.0 Å². The molecule has 0 amide bonds. The van der Waals surface area contributed by atoms with Gasteiger partial charge in [0.05, 0.1) is 23.5 Å². The fraction of sp³-hybridized carbons (Fsp3) is 0.0769. The van der Waals surface area contributed by atoms with E-state index in [0.29, 0.717) is 10.8 Å². The molecule has 0 atom stereocenters. The Morgan fingerprint density at radius 3 is 2.48 bits per heavy atom. The van der Waals surface area contributed by atoms with Crippen molar-refractivity contribution < 1.29 is 13.2 Å². The van der Waals surface area contributed by atoms with E-state index in [0.717, 1.165) is 0 Å². The Labute approximate surface area is 132 Å². The molecule has 112 valence electrons. The minimum absolute atomic E-state index is 0.0694. The Morgan fingerprint density at radius 1 is 1.14 bits per heavy atom. The first-order valence-corrected chi connectivity index (χ1v) is 7.99.